The van der Waals surface area contributed by atoms with Gasteiger partial charge in [0.05, 0.1) is 17.8 Å². The second-order valence-electron chi connectivity index (χ2n) is 3.48. The van der Waals surface area contributed by atoms with Crippen LogP contribution in [0.2, 0.25) is 5.02 Å². The van der Waals surface area contributed by atoms with Gasteiger partial charge < -0.3 is 10.1 Å². The molecule has 2 heterocycles. The van der Waals surface area contributed by atoms with Crippen molar-refractivity contribution < 1.29 is 4.92 Å². The Hall–Kier alpha value is -1.40. The molecule has 0 radical (unpaired) electrons. The lowest BCUT2D eigenvalue weighted by molar-refractivity contribution is -0.389. The summed E-state index contributed by atoms with van der Waals surface area (Å²) in [7, 11) is 0. The van der Waals surface area contributed by atoms with Crippen molar-refractivity contribution in [3.05, 3.63) is 43.2 Å². The minimum Gasteiger partial charge on any atom is -0.358 e. The van der Waals surface area contributed by atoms with Crippen molar-refractivity contribution in [2.24, 2.45) is 0 Å². The minimum atomic E-state index is -0.579. The van der Waals surface area contributed by atoms with E-state index < -0.39 is 4.92 Å². The zero-order chi connectivity index (χ0) is 12.4. The molecule has 0 bridgehead atoms. The molecule has 0 fully saturated rings. The average Bonchev–Trinajstić information content (AvgIpc) is 2.85. The first kappa shape index (κ1) is 12.1. The van der Waals surface area contributed by atoms with Gasteiger partial charge >= 0.3 is 5.82 Å². The van der Waals surface area contributed by atoms with E-state index in [4.69, 9.17) is 11.6 Å². The smallest absolute Gasteiger partial charge is 0.358 e. The van der Waals surface area contributed by atoms with Gasteiger partial charge in [0.25, 0.3) is 0 Å². The Labute approximate surface area is 107 Å². The molecule has 2 aromatic rings. The highest BCUT2D eigenvalue weighted by molar-refractivity contribution is 7.11. The highest BCUT2D eigenvalue weighted by Crippen LogP contribution is 2.23. The fourth-order valence-electron chi connectivity index (χ4n) is 1.45. The Balaban J connectivity index is 2.18. The largest absolute Gasteiger partial charge is 0.408 e. The first-order valence-electron chi connectivity index (χ1n) is 5.05. The third kappa shape index (κ3) is 2.65. The van der Waals surface area contributed by atoms with E-state index in [1.807, 2.05) is 6.07 Å². The lowest BCUT2D eigenvalue weighted by Gasteiger charge is -1.92. The van der Waals surface area contributed by atoms with Crippen molar-refractivity contribution in [1.82, 2.24) is 9.78 Å². The summed E-state index contributed by atoms with van der Waals surface area (Å²) in [4.78, 5) is 12.4. The first-order valence-corrected chi connectivity index (χ1v) is 6.24. The maximum atomic E-state index is 10.6. The van der Waals surface area contributed by atoms with E-state index >= 15 is 0 Å². The van der Waals surface area contributed by atoms with E-state index in [2.05, 4.69) is 18.1 Å². The van der Waals surface area contributed by atoms with Crippen LogP contribution >= 0.6 is 22.9 Å². The van der Waals surface area contributed by atoms with E-state index in [1.165, 1.54) is 15.8 Å². The number of nitrogens with zero attached hydrogens (tertiary/aromatic N) is 3. The molecule has 0 N–H and O–H groups in total. The zero-order valence-corrected chi connectivity index (χ0v) is 10.7. The molecule has 0 aliphatic heterocycles. The van der Waals surface area contributed by atoms with Crippen LogP contribution in [0.4, 0.5) is 5.82 Å². The number of rotatable bonds is 4. The first-order chi connectivity index (χ1) is 8.10. The lowest BCUT2D eigenvalue weighted by atomic mass is 10.4. The Morgan fingerprint density at radius 2 is 2.24 bits per heavy atom. The topological polar surface area (TPSA) is 61.0 Å². The Morgan fingerprint density at radius 1 is 1.53 bits per heavy atom. The minimum absolute atomic E-state index is 0.0715. The van der Waals surface area contributed by atoms with E-state index in [1.54, 1.807) is 11.3 Å². The van der Waals surface area contributed by atoms with Gasteiger partial charge in [-0.05, 0) is 23.5 Å². The molecule has 0 saturated carbocycles. The number of aromatic nitrogens is 2. The maximum absolute atomic E-state index is 10.6. The molecule has 2 rings (SSSR count). The molecule has 90 valence electrons. The number of hydrogen-bond acceptors (Lipinski definition) is 4. The summed E-state index contributed by atoms with van der Waals surface area (Å²) in [6, 6.07) is 4.06. The van der Waals surface area contributed by atoms with Gasteiger partial charge in [-0.2, -0.15) is 4.68 Å². The second-order valence-corrected chi connectivity index (χ2v) is 5.14. The molecule has 0 unspecified atom stereocenters. The summed E-state index contributed by atoms with van der Waals surface area (Å²) >= 11 is 7.39. The molecular formula is C10H10ClN3O2S. The van der Waals surface area contributed by atoms with Crippen molar-refractivity contribution in [1.29, 1.82) is 0 Å². The summed E-state index contributed by atoms with van der Waals surface area (Å²) < 4.78 is 1.49. The van der Waals surface area contributed by atoms with Crippen molar-refractivity contribution >= 4 is 28.8 Å². The van der Waals surface area contributed by atoms with Gasteiger partial charge in [-0.1, -0.05) is 18.5 Å². The van der Waals surface area contributed by atoms with Crippen LogP contribution in [0, 0.1) is 10.1 Å². The van der Waals surface area contributed by atoms with Crippen LogP contribution in [0.3, 0.4) is 0 Å². The summed E-state index contributed by atoms with van der Waals surface area (Å²) in [6.07, 6.45) is 2.47. The summed E-state index contributed by atoms with van der Waals surface area (Å²) in [5.41, 5.74) is 0. The van der Waals surface area contributed by atoms with Crippen molar-refractivity contribution in [2.45, 2.75) is 19.9 Å². The van der Waals surface area contributed by atoms with Gasteiger partial charge in [-0.15, -0.1) is 11.3 Å². The molecule has 0 spiro atoms. The monoisotopic (exact) mass is 271 g/mol. The Morgan fingerprint density at radius 3 is 2.76 bits per heavy atom. The van der Waals surface area contributed by atoms with Gasteiger partial charge in [0.15, 0.2) is 5.02 Å². The Kier molecular flexibility index (Phi) is 3.44. The number of thiophene rings is 1. The van der Waals surface area contributed by atoms with Gasteiger partial charge in [0.2, 0.25) is 0 Å². The number of nitro groups is 1. The second kappa shape index (κ2) is 4.85. The molecule has 17 heavy (non-hydrogen) atoms. The normalized spacial score (nSPS) is 10.7. The standard InChI is InChI=1S/C10H10ClN3O2S/c1-2-7-3-4-8(17-7)5-13-6-9(11)10(12-13)14(15)16/h3-4,6H,2,5H2,1H3. The maximum Gasteiger partial charge on any atom is 0.408 e. The van der Waals surface area contributed by atoms with Crippen LogP contribution in [-0.4, -0.2) is 14.7 Å². The predicted molar refractivity (Wildman–Crippen MR) is 66.7 cm³/mol. The van der Waals surface area contributed by atoms with Crippen LogP contribution in [0.25, 0.3) is 0 Å². The average molecular weight is 272 g/mol. The Bertz CT molecular complexity index is 549. The SMILES string of the molecule is CCc1ccc(Cn2cc(Cl)c([N+](=O)[O-])n2)s1. The van der Waals surface area contributed by atoms with E-state index in [0.29, 0.717) is 6.54 Å². The molecule has 2 aromatic heterocycles. The molecule has 7 heteroatoms. The van der Waals surface area contributed by atoms with E-state index in [0.717, 1.165) is 11.3 Å². The number of aryl methyl sites for hydroxylation is 1. The number of halogens is 1. The van der Waals surface area contributed by atoms with Gasteiger partial charge in [0.1, 0.15) is 0 Å². The zero-order valence-electron chi connectivity index (χ0n) is 9.09. The summed E-state index contributed by atoms with van der Waals surface area (Å²) in [5, 5.41) is 14.5. The van der Waals surface area contributed by atoms with E-state index in [9.17, 15) is 10.1 Å². The van der Waals surface area contributed by atoms with E-state index in [-0.39, 0.29) is 10.8 Å². The molecular weight excluding hydrogens is 262 g/mol. The highest BCUT2D eigenvalue weighted by atomic mass is 35.5. The highest BCUT2D eigenvalue weighted by Gasteiger charge is 2.19. The molecule has 0 aromatic carbocycles. The summed E-state index contributed by atoms with van der Waals surface area (Å²) in [5.74, 6) is -0.293. The van der Waals surface area contributed by atoms with Crippen LogP contribution in [0.15, 0.2) is 18.3 Å². The molecule has 0 saturated heterocycles. The third-order valence-electron chi connectivity index (χ3n) is 2.26. The van der Waals surface area contributed by atoms with Crippen molar-refractivity contribution in [3.63, 3.8) is 0 Å². The fraction of sp³-hybridized carbons (Fsp3) is 0.300. The van der Waals surface area contributed by atoms with Gasteiger partial charge in [0, 0.05) is 9.75 Å². The molecule has 0 amide bonds. The molecule has 0 atom stereocenters. The van der Waals surface area contributed by atoms with Gasteiger partial charge in [-0.25, -0.2) is 0 Å². The van der Waals surface area contributed by atoms with Crippen molar-refractivity contribution in [2.75, 3.05) is 0 Å². The van der Waals surface area contributed by atoms with Crippen LogP contribution in [0.1, 0.15) is 16.7 Å². The lowest BCUT2D eigenvalue weighted by Crippen LogP contribution is -1.99. The quantitative estimate of drug-likeness (QED) is 0.634. The van der Waals surface area contributed by atoms with Crippen molar-refractivity contribution in [3.8, 4) is 0 Å². The fourth-order valence-corrected chi connectivity index (χ4v) is 2.62. The van der Waals surface area contributed by atoms with Crippen LogP contribution in [-0.2, 0) is 13.0 Å². The molecule has 0 aliphatic carbocycles. The molecule has 5 nitrogen and oxygen atoms in total. The van der Waals surface area contributed by atoms with Crippen LogP contribution < -0.4 is 0 Å². The third-order valence-corrected chi connectivity index (χ3v) is 3.74. The van der Waals surface area contributed by atoms with Crippen LogP contribution in [0.5, 0.6) is 0 Å². The number of hydrogen-bond donors (Lipinski definition) is 0. The molecule has 0 aliphatic rings. The predicted octanol–water partition coefficient (Wildman–Crippen LogP) is 3.12. The summed E-state index contributed by atoms with van der Waals surface area (Å²) in [6.45, 7) is 2.60. The van der Waals surface area contributed by atoms with Gasteiger partial charge in [-0.3, -0.25) is 0 Å².